The van der Waals surface area contributed by atoms with Crippen LogP contribution in [0.5, 0.6) is 0 Å². The molecule has 1 heterocycles. The average molecular weight is 337 g/mol. The van der Waals surface area contributed by atoms with E-state index in [2.05, 4.69) is 10.6 Å². The predicted molar refractivity (Wildman–Crippen MR) is 97.2 cm³/mol. The number of carbonyl (C=O) groups is 2. The molecule has 5 heteroatoms. The molecular weight excluding hydrogens is 314 g/mol. The molecule has 25 heavy (non-hydrogen) atoms. The summed E-state index contributed by atoms with van der Waals surface area (Å²) in [6.07, 6.45) is 0.266. The normalized spacial score (nSPS) is 15.4. The van der Waals surface area contributed by atoms with E-state index in [-0.39, 0.29) is 24.3 Å². The van der Waals surface area contributed by atoms with Gasteiger partial charge >= 0.3 is 0 Å². The zero-order valence-electron chi connectivity index (χ0n) is 14.2. The van der Waals surface area contributed by atoms with E-state index in [0.717, 1.165) is 18.7 Å². The van der Waals surface area contributed by atoms with Crippen molar-refractivity contribution in [3.63, 3.8) is 0 Å². The smallest absolute Gasteiger partial charge is 0.251 e. The summed E-state index contributed by atoms with van der Waals surface area (Å²) < 4.78 is 0. The lowest BCUT2D eigenvalue weighted by Crippen LogP contribution is -2.47. The van der Waals surface area contributed by atoms with Crippen LogP contribution in [0.1, 0.15) is 28.4 Å². The molecule has 0 saturated carbocycles. The zero-order valence-corrected chi connectivity index (χ0v) is 14.2. The van der Waals surface area contributed by atoms with E-state index in [1.165, 1.54) is 0 Å². The SMILES string of the molecule is O=C(NC(CC(=O)N1CCNCC1)c1ccccc1)c1ccccc1. The lowest BCUT2D eigenvalue weighted by Gasteiger charge is -2.29. The van der Waals surface area contributed by atoms with Crippen molar-refractivity contribution in [3.8, 4) is 0 Å². The highest BCUT2D eigenvalue weighted by molar-refractivity contribution is 5.94. The number of hydrogen-bond acceptors (Lipinski definition) is 3. The first-order valence-corrected chi connectivity index (χ1v) is 8.63. The molecule has 0 bridgehead atoms. The van der Waals surface area contributed by atoms with Crippen LogP contribution in [0, 0.1) is 0 Å². The molecule has 1 unspecified atom stereocenters. The molecule has 2 aromatic rings. The van der Waals surface area contributed by atoms with Gasteiger partial charge in [0.05, 0.1) is 12.5 Å². The Labute approximate surface area is 148 Å². The minimum Gasteiger partial charge on any atom is -0.345 e. The number of piperazine rings is 1. The number of carbonyl (C=O) groups excluding carboxylic acids is 2. The molecular formula is C20H23N3O2. The van der Waals surface area contributed by atoms with Gasteiger partial charge in [0.25, 0.3) is 5.91 Å². The summed E-state index contributed by atoms with van der Waals surface area (Å²) in [6.45, 7) is 3.07. The van der Waals surface area contributed by atoms with Gasteiger partial charge in [-0.3, -0.25) is 9.59 Å². The summed E-state index contributed by atoms with van der Waals surface area (Å²) in [7, 11) is 0. The van der Waals surface area contributed by atoms with E-state index in [9.17, 15) is 9.59 Å². The maximum Gasteiger partial charge on any atom is 0.251 e. The van der Waals surface area contributed by atoms with E-state index in [0.29, 0.717) is 18.7 Å². The zero-order chi connectivity index (χ0) is 17.5. The van der Waals surface area contributed by atoms with Crippen LogP contribution < -0.4 is 10.6 Å². The maximum absolute atomic E-state index is 12.6. The second kappa shape index (κ2) is 8.44. The molecule has 3 rings (SSSR count). The molecule has 2 N–H and O–H groups in total. The predicted octanol–water partition coefficient (Wildman–Crippen LogP) is 1.98. The summed E-state index contributed by atoms with van der Waals surface area (Å²) in [5, 5.41) is 6.26. The molecule has 1 aliphatic heterocycles. The minimum absolute atomic E-state index is 0.0729. The molecule has 0 spiro atoms. The van der Waals surface area contributed by atoms with Gasteiger partial charge in [0, 0.05) is 31.7 Å². The topological polar surface area (TPSA) is 61.4 Å². The largest absolute Gasteiger partial charge is 0.345 e. The summed E-state index contributed by atoms with van der Waals surface area (Å²) in [5.41, 5.74) is 1.54. The third kappa shape index (κ3) is 4.67. The van der Waals surface area contributed by atoms with Gasteiger partial charge < -0.3 is 15.5 Å². The quantitative estimate of drug-likeness (QED) is 0.877. The number of nitrogens with zero attached hydrogens (tertiary/aromatic N) is 1. The van der Waals surface area contributed by atoms with Crippen molar-refractivity contribution in [2.45, 2.75) is 12.5 Å². The van der Waals surface area contributed by atoms with Crippen LogP contribution in [0.25, 0.3) is 0 Å². The van der Waals surface area contributed by atoms with Crippen LogP contribution in [-0.4, -0.2) is 42.9 Å². The molecule has 130 valence electrons. The third-order valence-corrected chi connectivity index (χ3v) is 4.39. The van der Waals surface area contributed by atoms with Crippen LogP contribution in [0.2, 0.25) is 0 Å². The Hall–Kier alpha value is -2.66. The monoisotopic (exact) mass is 337 g/mol. The molecule has 0 aliphatic carbocycles. The first-order chi connectivity index (χ1) is 12.2. The Bertz CT molecular complexity index is 697. The highest BCUT2D eigenvalue weighted by Gasteiger charge is 2.23. The van der Waals surface area contributed by atoms with Gasteiger partial charge in [-0.2, -0.15) is 0 Å². The Morgan fingerprint density at radius 1 is 0.960 bits per heavy atom. The highest BCUT2D eigenvalue weighted by Crippen LogP contribution is 2.19. The molecule has 1 atom stereocenters. The van der Waals surface area contributed by atoms with E-state index < -0.39 is 0 Å². The minimum atomic E-state index is -0.337. The van der Waals surface area contributed by atoms with Gasteiger partial charge in [0.2, 0.25) is 5.91 Å². The Balaban J connectivity index is 1.73. The van der Waals surface area contributed by atoms with Crippen LogP contribution in [0.4, 0.5) is 0 Å². The summed E-state index contributed by atoms with van der Waals surface area (Å²) >= 11 is 0. The molecule has 1 aliphatic rings. The summed E-state index contributed by atoms with van der Waals surface area (Å²) in [6, 6.07) is 18.4. The van der Waals surface area contributed by atoms with Crippen LogP contribution in [0.3, 0.4) is 0 Å². The number of amides is 2. The highest BCUT2D eigenvalue weighted by atomic mass is 16.2. The van der Waals surface area contributed by atoms with Gasteiger partial charge in [0.15, 0.2) is 0 Å². The van der Waals surface area contributed by atoms with Crippen molar-refractivity contribution >= 4 is 11.8 Å². The maximum atomic E-state index is 12.6. The van der Waals surface area contributed by atoms with Crippen molar-refractivity contribution in [2.75, 3.05) is 26.2 Å². The summed E-state index contributed by atoms with van der Waals surface area (Å²) in [5.74, 6) is -0.0914. The average Bonchev–Trinajstić information content (AvgIpc) is 2.69. The van der Waals surface area contributed by atoms with Crippen molar-refractivity contribution in [3.05, 3.63) is 71.8 Å². The van der Waals surface area contributed by atoms with Gasteiger partial charge in [0.1, 0.15) is 0 Å². The second-order valence-corrected chi connectivity index (χ2v) is 6.14. The molecule has 5 nitrogen and oxygen atoms in total. The molecule has 2 aromatic carbocycles. The van der Waals surface area contributed by atoms with Gasteiger partial charge in [-0.25, -0.2) is 0 Å². The Morgan fingerprint density at radius 3 is 2.20 bits per heavy atom. The number of benzene rings is 2. The second-order valence-electron chi connectivity index (χ2n) is 6.14. The lowest BCUT2D eigenvalue weighted by atomic mass is 10.0. The van der Waals surface area contributed by atoms with Crippen molar-refractivity contribution in [2.24, 2.45) is 0 Å². The molecule has 0 radical (unpaired) electrons. The van der Waals surface area contributed by atoms with Crippen molar-refractivity contribution < 1.29 is 9.59 Å². The fourth-order valence-corrected chi connectivity index (χ4v) is 2.99. The summed E-state index contributed by atoms with van der Waals surface area (Å²) in [4.78, 5) is 27.0. The molecule has 1 saturated heterocycles. The fraction of sp³-hybridized carbons (Fsp3) is 0.300. The van der Waals surface area contributed by atoms with Crippen molar-refractivity contribution in [1.82, 2.24) is 15.5 Å². The molecule has 0 aromatic heterocycles. The van der Waals surface area contributed by atoms with E-state index in [4.69, 9.17) is 0 Å². The van der Waals surface area contributed by atoms with Crippen molar-refractivity contribution in [1.29, 1.82) is 0 Å². The first kappa shape index (κ1) is 17.2. The number of hydrogen-bond donors (Lipinski definition) is 2. The van der Waals surface area contributed by atoms with E-state index in [1.54, 1.807) is 12.1 Å². The van der Waals surface area contributed by atoms with Crippen LogP contribution in [-0.2, 0) is 4.79 Å². The standard InChI is InChI=1S/C20H23N3O2/c24-19(23-13-11-21-12-14-23)15-18(16-7-3-1-4-8-16)22-20(25)17-9-5-2-6-10-17/h1-10,18,21H,11-15H2,(H,22,25). The number of nitrogens with one attached hydrogen (secondary N) is 2. The molecule has 2 amide bonds. The first-order valence-electron chi connectivity index (χ1n) is 8.63. The number of rotatable bonds is 5. The Morgan fingerprint density at radius 2 is 1.56 bits per heavy atom. The lowest BCUT2D eigenvalue weighted by molar-refractivity contribution is -0.132. The molecule has 1 fully saturated rings. The van der Waals surface area contributed by atoms with Crippen LogP contribution in [0.15, 0.2) is 60.7 Å². The van der Waals surface area contributed by atoms with E-state index >= 15 is 0 Å². The Kier molecular flexibility index (Phi) is 5.80. The van der Waals surface area contributed by atoms with Gasteiger partial charge in [-0.15, -0.1) is 0 Å². The fourth-order valence-electron chi connectivity index (χ4n) is 2.99. The third-order valence-electron chi connectivity index (χ3n) is 4.39. The van der Waals surface area contributed by atoms with Gasteiger partial charge in [-0.05, 0) is 17.7 Å². The van der Waals surface area contributed by atoms with Crippen LogP contribution >= 0.6 is 0 Å². The van der Waals surface area contributed by atoms with Gasteiger partial charge in [-0.1, -0.05) is 48.5 Å². The van der Waals surface area contributed by atoms with E-state index in [1.807, 2.05) is 53.4 Å².